The highest BCUT2D eigenvalue weighted by Crippen LogP contribution is 2.34. The van der Waals surface area contributed by atoms with Crippen LogP contribution in [0.15, 0.2) is 36.4 Å². The molecule has 1 heterocycles. The van der Waals surface area contributed by atoms with Crippen LogP contribution in [0.5, 0.6) is 5.75 Å². The Bertz CT molecular complexity index is 855. The Labute approximate surface area is 161 Å². The van der Waals surface area contributed by atoms with Crippen LogP contribution < -0.4 is 15.0 Å². The molecule has 136 valence electrons. The lowest BCUT2D eigenvalue weighted by atomic mass is 10.1. The maximum Gasteiger partial charge on any atom is 0.228 e. The molecule has 2 aromatic carbocycles. The lowest BCUT2D eigenvalue weighted by Crippen LogP contribution is -2.24. The average molecular weight is 393 g/mol. The SMILES string of the molecule is COc1ccc(NC(=O)Cc2ccc(Cl)cc2Cl)cc1N1CCCC1=O. The summed E-state index contributed by atoms with van der Waals surface area (Å²) in [5.74, 6) is 0.441. The number of nitrogens with zero attached hydrogens (tertiary/aromatic N) is 1. The van der Waals surface area contributed by atoms with Gasteiger partial charge in [0.25, 0.3) is 0 Å². The maximum atomic E-state index is 12.4. The number of halogens is 2. The Morgan fingerprint density at radius 3 is 2.69 bits per heavy atom. The lowest BCUT2D eigenvalue weighted by Gasteiger charge is -2.20. The molecule has 5 nitrogen and oxygen atoms in total. The molecular weight excluding hydrogens is 375 g/mol. The maximum absolute atomic E-state index is 12.4. The largest absolute Gasteiger partial charge is 0.495 e. The van der Waals surface area contributed by atoms with Crippen molar-refractivity contribution in [1.29, 1.82) is 0 Å². The second-order valence-corrected chi connectivity index (χ2v) is 6.84. The van der Waals surface area contributed by atoms with E-state index >= 15 is 0 Å². The molecule has 1 N–H and O–H groups in total. The van der Waals surface area contributed by atoms with Crippen LogP contribution in [0.4, 0.5) is 11.4 Å². The number of nitrogens with one attached hydrogen (secondary N) is 1. The second-order valence-electron chi connectivity index (χ2n) is 6.00. The summed E-state index contributed by atoms with van der Waals surface area (Å²) < 4.78 is 5.35. The zero-order valence-electron chi connectivity index (χ0n) is 14.2. The molecule has 7 heteroatoms. The van der Waals surface area contributed by atoms with Gasteiger partial charge < -0.3 is 15.0 Å². The molecule has 1 saturated heterocycles. The highest BCUT2D eigenvalue weighted by molar-refractivity contribution is 6.35. The highest BCUT2D eigenvalue weighted by atomic mass is 35.5. The van der Waals surface area contributed by atoms with Crippen LogP contribution in [0.25, 0.3) is 0 Å². The number of carbonyl (C=O) groups excluding carboxylic acids is 2. The number of amides is 2. The van der Waals surface area contributed by atoms with Crippen LogP contribution >= 0.6 is 23.2 Å². The quantitative estimate of drug-likeness (QED) is 0.824. The van der Waals surface area contributed by atoms with E-state index in [-0.39, 0.29) is 18.2 Å². The highest BCUT2D eigenvalue weighted by Gasteiger charge is 2.25. The molecule has 0 atom stereocenters. The van der Waals surface area contributed by atoms with Crippen molar-refractivity contribution in [1.82, 2.24) is 0 Å². The molecule has 26 heavy (non-hydrogen) atoms. The zero-order chi connectivity index (χ0) is 18.7. The van der Waals surface area contributed by atoms with Crippen molar-refractivity contribution >= 4 is 46.4 Å². The summed E-state index contributed by atoms with van der Waals surface area (Å²) in [7, 11) is 1.56. The summed E-state index contributed by atoms with van der Waals surface area (Å²) >= 11 is 12.0. The molecule has 0 aliphatic carbocycles. The zero-order valence-corrected chi connectivity index (χ0v) is 15.7. The number of rotatable bonds is 5. The van der Waals surface area contributed by atoms with Crippen molar-refractivity contribution in [2.45, 2.75) is 19.3 Å². The first-order chi connectivity index (χ1) is 12.5. The molecule has 3 rings (SSSR count). The van der Waals surface area contributed by atoms with Gasteiger partial charge in [0.2, 0.25) is 11.8 Å². The van der Waals surface area contributed by atoms with E-state index in [9.17, 15) is 9.59 Å². The average Bonchev–Trinajstić information content (AvgIpc) is 3.03. The topological polar surface area (TPSA) is 58.6 Å². The van der Waals surface area contributed by atoms with Gasteiger partial charge >= 0.3 is 0 Å². The Morgan fingerprint density at radius 1 is 1.23 bits per heavy atom. The predicted octanol–water partition coefficient (Wildman–Crippen LogP) is 4.31. The number of anilines is 2. The van der Waals surface area contributed by atoms with Gasteiger partial charge in [-0.3, -0.25) is 9.59 Å². The minimum Gasteiger partial charge on any atom is -0.495 e. The number of methoxy groups -OCH3 is 1. The van der Waals surface area contributed by atoms with E-state index in [4.69, 9.17) is 27.9 Å². The molecule has 0 saturated carbocycles. The monoisotopic (exact) mass is 392 g/mol. The first kappa shape index (κ1) is 18.5. The molecule has 2 aromatic rings. The minimum absolute atomic E-state index is 0.0553. The van der Waals surface area contributed by atoms with E-state index in [1.807, 2.05) is 0 Å². The summed E-state index contributed by atoms with van der Waals surface area (Å²) in [6.07, 6.45) is 1.46. The Kier molecular flexibility index (Phi) is 5.69. The standard InChI is InChI=1S/C19H18Cl2N2O3/c1-26-17-7-6-14(11-16(17)23-8-2-3-19(23)25)22-18(24)9-12-4-5-13(20)10-15(12)21/h4-7,10-11H,2-3,8-9H2,1H3,(H,22,24). The van der Waals surface area contributed by atoms with E-state index in [0.29, 0.717) is 45.7 Å². The smallest absolute Gasteiger partial charge is 0.228 e. The van der Waals surface area contributed by atoms with E-state index in [2.05, 4.69) is 5.32 Å². The van der Waals surface area contributed by atoms with Gasteiger partial charge in [-0.2, -0.15) is 0 Å². The molecule has 0 unspecified atom stereocenters. The number of benzene rings is 2. The Hall–Kier alpha value is -2.24. The third kappa shape index (κ3) is 4.11. The van der Waals surface area contributed by atoms with Crippen LogP contribution in [0.2, 0.25) is 10.0 Å². The van der Waals surface area contributed by atoms with Gasteiger partial charge in [-0.15, -0.1) is 0 Å². The molecular formula is C19H18Cl2N2O3. The van der Waals surface area contributed by atoms with Crippen molar-refractivity contribution < 1.29 is 14.3 Å². The van der Waals surface area contributed by atoms with E-state index in [1.54, 1.807) is 48.4 Å². The van der Waals surface area contributed by atoms with Crippen molar-refractivity contribution in [2.75, 3.05) is 23.9 Å². The Balaban J connectivity index is 1.77. The normalized spacial score (nSPS) is 13.8. The van der Waals surface area contributed by atoms with Crippen LogP contribution in [0.3, 0.4) is 0 Å². The van der Waals surface area contributed by atoms with E-state index < -0.39 is 0 Å². The molecule has 0 aromatic heterocycles. The summed E-state index contributed by atoms with van der Waals surface area (Å²) in [5.41, 5.74) is 1.95. The van der Waals surface area contributed by atoms with E-state index in [0.717, 1.165) is 6.42 Å². The Morgan fingerprint density at radius 2 is 2.04 bits per heavy atom. The fraction of sp³-hybridized carbons (Fsp3) is 0.263. The summed E-state index contributed by atoms with van der Waals surface area (Å²) in [4.78, 5) is 26.1. The van der Waals surface area contributed by atoms with Crippen molar-refractivity contribution in [3.63, 3.8) is 0 Å². The van der Waals surface area contributed by atoms with Gasteiger partial charge in [-0.25, -0.2) is 0 Å². The van der Waals surface area contributed by atoms with Crippen molar-refractivity contribution in [2.24, 2.45) is 0 Å². The lowest BCUT2D eigenvalue weighted by molar-refractivity contribution is -0.117. The van der Waals surface area contributed by atoms with Crippen molar-refractivity contribution in [3.05, 3.63) is 52.0 Å². The molecule has 2 amide bonds. The van der Waals surface area contributed by atoms with Gasteiger partial charge in [0.15, 0.2) is 0 Å². The molecule has 0 spiro atoms. The number of carbonyl (C=O) groups is 2. The third-order valence-corrected chi connectivity index (χ3v) is 4.78. The van der Waals surface area contributed by atoms with Crippen LogP contribution in [-0.2, 0) is 16.0 Å². The second kappa shape index (κ2) is 7.98. The minimum atomic E-state index is -0.210. The van der Waals surface area contributed by atoms with Crippen LogP contribution in [-0.4, -0.2) is 25.5 Å². The van der Waals surface area contributed by atoms with Crippen LogP contribution in [0.1, 0.15) is 18.4 Å². The van der Waals surface area contributed by atoms with Gasteiger partial charge in [-0.1, -0.05) is 29.3 Å². The molecule has 0 bridgehead atoms. The first-order valence-electron chi connectivity index (χ1n) is 8.20. The van der Waals surface area contributed by atoms with Gasteiger partial charge in [-0.05, 0) is 42.3 Å². The fourth-order valence-corrected chi connectivity index (χ4v) is 3.40. The molecule has 1 fully saturated rings. The summed E-state index contributed by atoms with van der Waals surface area (Å²) in [6.45, 7) is 0.646. The number of ether oxygens (including phenoxy) is 1. The molecule has 0 radical (unpaired) electrons. The number of hydrogen-bond donors (Lipinski definition) is 1. The predicted molar refractivity (Wildman–Crippen MR) is 103 cm³/mol. The number of hydrogen-bond acceptors (Lipinski definition) is 3. The first-order valence-corrected chi connectivity index (χ1v) is 8.95. The van der Waals surface area contributed by atoms with Crippen molar-refractivity contribution in [3.8, 4) is 5.75 Å². The van der Waals surface area contributed by atoms with Gasteiger partial charge in [0.05, 0.1) is 19.2 Å². The van der Waals surface area contributed by atoms with Gasteiger partial charge in [0.1, 0.15) is 5.75 Å². The van der Waals surface area contributed by atoms with Gasteiger partial charge in [0, 0.05) is 28.7 Å². The van der Waals surface area contributed by atoms with Crippen LogP contribution in [0, 0.1) is 0 Å². The summed E-state index contributed by atoms with van der Waals surface area (Å²) in [5, 5.41) is 3.81. The van der Waals surface area contributed by atoms with E-state index in [1.165, 1.54) is 0 Å². The third-order valence-electron chi connectivity index (χ3n) is 4.19. The summed E-state index contributed by atoms with van der Waals surface area (Å²) in [6, 6.07) is 10.3. The fourth-order valence-electron chi connectivity index (χ4n) is 2.92. The molecule has 1 aliphatic heterocycles. The molecule has 1 aliphatic rings.